The molecule has 0 amide bonds. The number of thioether (sulfide) groups is 1. The predicted molar refractivity (Wildman–Crippen MR) is 72.7 cm³/mol. The van der Waals surface area contributed by atoms with Crippen molar-refractivity contribution in [2.24, 2.45) is 0 Å². The summed E-state index contributed by atoms with van der Waals surface area (Å²) < 4.78 is 0. The Kier molecular flexibility index (Phi) is 3.93. The number of carboxylic acids is 1. The van der Waals surface area contributed by atoms with Crippen LogP contribution >= 0.6 is 23.1 Å². The van der Waals surface area contributed by atoms with Crippen molar-refractivity contribution in [2.75, 3.05) is 30.5 Å². The highest BCUT2D eigenvalue weighted by Gasteiger charge is 2.32. The Labute approximate surface area is 109 Å². The number of carboxylic acid groups (broad SMARTS) is 1. The van der Waals surface area contributed by atoms with E-state index in [1.54, 1.807) is 11.8 Å². The minimum atomic E-state index is -0.839. The molecule has 1 heterocycles. The van der Waals surface area contributed by atoms with Crippen LogP contribution in [0.5, 0.6) is 0 Å². The highest BCUT2D eigenvalue weighted by Crippen LogP contribution is 2.44. The van der Waals surface area contributed by atoms with Crippen LogP contribution in [0.15, 0.2) is 0 Å². The number of aromatic carboxylic acids is 1. The fraction of sp³-hybridized carbons (Fsp3) is 0.636. The molecule has 2 rings (SSSR count). The summed E-state index contributed by atoms with van der Waals surface area (Å²) in [7, 11) is 1.97. The molecule has 4 nitrogen and oxygen atoms in total. The lowest BCUT2D eigenvalue weighted by molar-refractivity contribution is 0.0700. The summed E-state index contributed by atoms with van der Waals surface area (Å²) in [5, 5.41) is 9.99. The molecule has 17 heavy (non-hydrogen) atoms. The van der Waals surface area contributed by atoms with Crippen molar-refractivity contribution in [1.82, 2.24) is 4.98 Å². The van der Waals surface area contributed by atoms with Crippen LogP contribution in [0, 0.1) is 0 Å². The molecule has 0 spiro atoms. The van der Waals surface area contributed by atoms with Gasteiger partial charge in [0.25, 0.3) is 0 Å². The number of carbonyl (C=O) groups is 1. The fourth-order valence-corrected chi connectivity index (χ4v) is 3.03. The molecule has 0 radical (unpaired) electrons. The lowest BCUT2D eigenvalue weighted by Crippen LogP contribution is -2.19. The number of anilines is 1. The molecule has 0 bridgehead atoms. The summed E-state index contributed by atoms with van der Waals surface area (Å²) in [6.45, 7) is 0.901. The first-order chi connectivity index (χ1) is 8.13. The van der Waals surface area contributed by atoms with E-state index in [1.807, 2.05) is 11.9 Å². The SMILES string of the molecule is CSCCN(C)c1nc(C2CC2)c(C(=O)O)s1. The first-order valence-corrected chi connectivity index (χ1v) is 7.78. The van der Waals surface area contributed by atoms with Crippen LogP contribution in [-0.2, 0) is 0 Å². The monoisotopic (exact) mass is 272 g/mol. The summed E-state index contributed by atoms with van der Waals surface area (Å²) in [6.07, 6.45) is 4.23. The van der Waals surface area contributed by atoms with Gasteiger partial charge in [0.2, 0.25) is 0 Å². The van der Waals surface area contributed by atoms with Crippen molar-refractivity contribution in [1.29, 1.82) is 0 Å². The third-order valence-corrected chi connectivity index (χ3v) is 4.52. The Morgan fingerprint density at radius 1 is 1.65 bits per heavy atom. The number of nitrogens with zero attached hydrogens (tertiary/aromatic N) is 2. The number of thiazole rings is 1. The predicted octanol–water partition coefficient (Wildman–Crippen LogP) is 2.52. The van der Waals surface area contributed by atoms with Crippen LogP contribution in [0.1, 0.15) is 34.1 Å². The van der Waals surface area contributed by atoms with Gasteiger partial charge in [-0.1, -0.05) is 11.3 Å². The Hall–Kier alpha value is -0.750. The first-order valence-electron chi connectivity index (χ1n) is 5.57. The van der Waals surface area contributed by atoms with E-state index >= 15 is 0 Å². The standard InChI is InChI=1S/C11H16N2O2S2/c1-13(5-6-16-2)11-12-8(7-3-4-7)9(17-11)10(14)15/h7H,3-6H2,1-2H3,(H,14,15). The molecule has 1 aliphatic carbocycles. The molecule has 1 N–H and O–H groups in total. The van der Waals surface area contributed by atoms with Crippen LogP contribution < -0.4 is 4.90 Å². The van der Waals surface area contributed by atoms with Crippen molar-refractivity contribution in [3.8, 4) is 0 Å². The average molecular weight is 272 g/mol. The summed E-state index contributed by atoms with van der Waals surface area (Å²) in [5.74, 6) is 0.575. The van der Waals surface area contributed by atoms with Gasteiger partial charge in [-0.2, -0.15) is 11.8 Å². The van der Waals surface area contributed by atoms with E-state index in [0.717, 1.165) is 36.0 Å². The molecule has 0 saturated heterocycles. The van der Waals surface area contributed by atoms with E-state index in [2.05, 4.69) is 11.2 Å². The first kappa shape index (κ1) is 12.7. The second kappa shape index (κ2) is 5.27. The molecule has 1 aromatic rings. The van der Waals surface area contributed by atoms with Crippen LogP contribution in [0.4, 0.5) is 5.13 Å². The van der Waals surface area contributed by atoms with Gasteiger partial charge in [0.1, 0.15) is 4.88 Å². The molecular formula is C11H16N2O2S2. The molecule has 94 valence electrons. The van der Waals surface area contributed by atoms with Crippen LogP contribution in [0.25, 0.3) is 0 Å². The summed E-state index contributed by atoms with van der Waals surface area (Å²) in [5.41, 5.74) is 0.800. The maximum atomic E-state index is 11.2. The minimum Gasteiger partial charge on any atom is -0.477 e. The summed E-state index contributed by atoms with van der Waals surface area (Å²) >= 11 is 3.08. The van der Waals surface area contributed by atoms with Crippen LogP contribution in [0.2, 0.25) is 0 Å². The second-order valence-electron chi connectivity index (χ2n) is 4.20. The zero-order valence-corrected chi connectivity index (χ0v) is 11.6. The van der Waals surface area contributed by atoms with Gasteiger partial charge in [0.15, 0.2) is 5.13 Å². The van der Waals surface area contributed by atoms with Gasteiger partial charge in [-0.15, -0.1) is 0 Å². The van der Waals surface area contributed by atoms with Gasteiger partial charge in [0.05, 0.1) is 5.69 Å². The maximum absolute atomic E-state index is 11.2. The molecule has 0 aliphatic heterocycles. The molecule has 0 unspecified atom stereocenters. The zero-order chi connectivity index (χ0) is 12.4. The van der Waals surface area contributed by atoms with Gasteiger partial charge in [-0.25, -0.2) is 9.78 Å². The van der Waals surface area contributed by atoms with E-state index in [4.69, 9.17) is 5.11 Å². The van der Waals surface area contributed by atoms with Crippen LogP contribution in [0.3, 0.4) is 0 Å². The van der Waals surface area contributed by atoms with Gasteiger partial charge in [-0.3, -0.25) is 0 Å². The van der Waals surface area contributed by atoms with E-state index < -0.39 is 5.97 Å². The van der Waals surface area contributed by atoms with Gasteiger partial charge < -0.3 is 10.0 Å². The minimum absolute atomic E-state index is 0.389. The van der Waals surface area contributed by atoms with Crippen molar-refractivity contribution in [2.45, 2.75) is 18.8 Å². The third kappa shape index (κ3) is 2.93. The zero-order valence-electron chi connectivity index (χ0n) is 9.97. The topological polar surface area (TPSA) is 53.4 Å². The largest absolute Gasteiger partial charge is 0.477 e. The normalized spacial score (nSPS) is 14.9. The summed E-state index contributed by atoms with van der Waals surface area (Å²) in [4.78, 5) is 18.1. The van der Waals surface area contributed by atoms with Gasteiger partial charge >= 0.3 is 5.97 Å². The van der Waals surface area contributed by atoms with Crippen molar-refractivity contribution >= 4 is 34.2 Å². The Bertz CT molecular complexity index is 416. The Morgan fingerprint density at radius 2 is 2.35 bits per heavy atom. The lowest BCUT2D eigenvalue weighted by atomic mass is 10.2. The average Bonchev–Trinajstić information content (AvgIpc) is 3.04. The maximum Gasteiger partial charge on any atom is 0.347 e. The Balaban J connectivity index is 2.17. The second-order valence-corrected chi connectivity index (χ2v) is 6.17. The van der Waals surface area contributed by atoms with Crippen molar-refractivity contribution in [3.63, 3.8) is 0 Å². The molecule has 1 aromatic heterocycles. The molecule has 0 aromatic carbocycles. The molecule has 0 atom stereocenters. The number of hydrogen-bond donors (Lipinski definition) is 1. The van der Waals surface area contributed by atoms with E-state index in [0.29, 0.717) is 10.8 Å². The highest BCUT2D eigenvalue weighted by molar-refractivity contribution is 7.98. The quantitative estimate of drug-likeness (QED) is 0.862. The summed E-state index contributed by atoms with van der Waals surface area (Å²) in [6, 6.07) is 0. The smallest absolute Gasteiger partial charge is 0.347 e. The number of hydrogen-bond acceptors (Lipinski definition) is 5. The van der Waals surface area contributed by atoms with Crippen molar-refractivity contribution in [3.05, 3.63) is 10.6 Å². The number of rotatable bonds is 6. The third-order valence-electron chi connectivity index (χ3n) is 2.76. The molecular weight excluding hydrogens is 256 g/mol. The lowest BCUT2D eigenvalue weighted by Gasteiger charge is -2.14. The Morgan fingerprint density at radius 3 is 2.88 bits per heavy atom. The molecule has 1 fully saturated rings. The molecule has 1 saturated carbocycles. The van der Waals surface area contributed by atoms with Crippen molar-refractivity contribution < 1.29 is 9.90 Å². The fourth-order valence-electron chi connectivity index (χ4n) is 1.59. The highest BCUT2D eigenvalue weighted by atomic mass is 32.2. The molecule has 6 heteroatoms. The number of aromatic nitrogens is 1. The van der Waals surface area contributed by atoms with Gasteiger partial charge in [0, 0.05) is 25.3 Å². The van der Waals surface area contributed by atoms with Gasteiger partial charge in [-0.05, 0) is 19.1 Å². The van der Waals surface area contributed by atoms with E-state index in [9.17, 15) is 4.79 Å². The van der Waals surface area contributed by atoms with E-state index in [1.165, 1.54) is 11.3 Å². The van der Waals surface area contributed by atoms with Crippen LogP contribution in [-0.4, -0.2) is 41.7 Å². The van der Waals surface area contributed by atoms with E-state index in [-0.39, 0.29) is 0 Å². The molecule has 1 aliphatic rings.